The minimum atomic E-state index is -0.631. The summed E-state index contributed by atoms with van der Waals surface area (Å²) in [6.07, 6.45) is 2.03. The second kappa shape index (κ2) is 7.73. The molecule has 4 rings (SSSR count). The summed E-state index contributed by atoms with van der Waals surface area (Å²) in [5.41, 5.74) is 2.62. The van der Waals surface area contributed by atoms with E-state index in [4.69, 9.17) is 16.4 Å². The van der Waals surface area contributed by atoms with Gasteiger partial charge in [-0.05, 0) is 61.9 Å². The van der Waals surface area contributed by atoms with Gasteiger partial charge in [0.15, 0.2) is 0 Å². The first kappa shape index (κ1) is 22.5. The molecule has 0 aliphatic heterocycles. The molecule has 5 nitrogen and oxygen atoms in total. The van der Waals surface area contributed by atoms with E-state index in [0.29, 0.717) is 22.7 Å². The van der Waals surface area contributed by atoms with Crippen LogP contribution in [0.2, 0.25) is 5.02 Å². The van der Waals surface area contributed by atoms with E-state index in [1.807, 2.05) is 38.1 Å². The summed E-state index contributed by atoms with van der Waals surface area (Å²) in [6.45, 7) is 10.2. The first-order valence-corrected chi connectivity index (χ1v) is 11.3. The molecule has 2 bridgehead atoms. The van der Waals surface area contributed by atoms with Gasteiger partial charge in [0.2, 0.25) is 5.91 Å². The summed E-state index contributed by atoms with van der Waals surface area (Å²) in [5.74, 6) is -0.532. The zero-order valence-corrected chi connectivity index (χ0v) is 20.0. The average Bonchev–Trinajstić information content (AvgIpc) is 3.06. The number of rotatable bonds is 4. The number of amides is 1. The third-order valence-corrected chi connectivity index (χ3v) is 8.53. The smallest absolute Gasteiger partial charge is 0.326 e. The summed E-state index contributed by atoms with van der Waals surface area (Å²) in [4.78, 5) is 31.4. The van der Waals surface area contributed by atoms with Crippen LogP contribution in [-0.4, -0.2) is 17.6 Å². The molecule has 2 aromatic carbocycles. The highest BCUT2D eigenvalue weighted by Gasteiger charge is 2.71. The molecule has 0 heterocycles. The SMILES string of the molecule is Cc1ccc(C(=O)ON=C2CC3(C(=O)Nc4ccc(C)c(Cl)c4)CCC2(C)C3(C)C)cc1. The Morgan fingerprint density at radius 1 is 1.03 bits per heavy atom. The highest BCUT2D eigenvalue weighted by molar-refractivity contribution is 6.31. The maximum absolute atomic E-state index is 13.6. The highest BCUT2D eigenvalue weighted by Crippen LogP contribution is 2.71. The van der Waals surface area contributed by atoms with Crippen LogP contribution in [0.4, 0.5) is 5.69 Å². The monoisotopic (exact) mass is 452 g/mol. The molecule has 2 aliphatic carbocycles. The first-order valence-electron chi connectivity index (χ1n) is 10.9. The first-order chi connectivity index (χ1) is 15.0. The van der Waals surface area contributed by atoms with Crippen LogP contribution in [0.1, 0.15) is 61.5 Å². The molecule has 2 aromatic rings. The number of nitrogens with one attached hydrogen (secondary N) is 1. The molecule has 0 radical (unpaired) electrons. The van der Waals surface area contributed by atoms with Crippen molar-refractivity contribution < 1.29 is 14.4 Å². The van der Waals surface area contributed by atoms with Crippen LogP contribution < -0.4 is 5.32 Å². The van der Waals surface area contributed by atoms with E-state index >= 15 is 0 Å². The van der Waals surface area contributed by atoms with E-state index in [2.05, 4.69) is 31.2 Å². The normalized spacial score (nSPS) is 26.9. The molecule has 2 unspecified atom stereocenters. The number of aryl methyl sites for hydroxylation is 2. The van der Waals surface area contributed by atoms with Gasteiger partial charge in [0, 0.05) is 22.5 Å². The molecule has 2 atom stereocenters. The molecule has 2 fully saturated rings. The van der Waals surface area contributed by atoms with Gasteiger partial charge in [-0.3, -0.25) is 4.79 Å². The number of carbonyl (C=O) groups is 2. The number of oxime groups is 1. The van der Waals surface area contributed by atoms with Gasteiger partial charge in [-0.15, -0.1) is 0 Å². The molecule has 32 heavy (non-hydrogen) atoms. The van der Waals surface area contributed by atoms with Crippen molar-refractivity contribution >= 4 is 34.9 Å². The van der Waals surface area contributed by atoms with Crippen molar-refractivity contribution in [2.24, 2.45) is 21.4 Å². The van der Waals surface area contributed by atoms with Gasteiger partial charge < -0.3 is 10.2 Å². The number of nitrogens with zero attached hydrogens (tertiary/aromatic N) is 1. The zero-order chi connectivity index (χ0) is 23.3. The Kier molecular flexibility index (Phi) is 5.44. The molecule has 0 saturated heterocycles. The highest BCUT2D eigenvalue weighted by atomic mass is 35.5. The largest absolute Gasteiger partial charge is 0.365 e. The van der Waals surface area contributed by atoms with E-state index < -0.39 is 11.4 Å². The number of halogens is 1. The van der Waals surface area contributed by atoms with Crippen LogP contribution in [0.3, 0.4) is 0 Å². The lowest BCUT2D eigenvalue weighted by atomic mass is 9.64. The number of hydrogen-bond donors (Lipinski definition) is 1. The predicted octanol–water partition coefficient (Wildman–Crippen LogP) is 6.32. The summed E-state index contributed by atoms with van der Waals surface area (Å²) in [5, 5.41) is 7.99. The fourth-order valence-electron chi connectivity index (χ4n) is 5.28. The lowest BCUT2D eigenvalue weighted by Crippen LogP contribution is -2.43. The lowest BCUT2D eigenvalue weighted by molar-refractivity contribution is -0.130. The van der Waals surface area contributed by atoms with Gasteiger partial charge in [-0.1, -0.05) is 61.3 Å². The van der Waals surface area contributed by atoms with Gasteiger partial charge in [0.1, 0.15) is 0 Å². The predicted molar refractivity (Wildman–Crippen MR) is 127 cm³/mol. The van der Waals surface area contributed by atoms with Crippen LogP contribution in [-0.2, 0) is 9.63 Å². The van der Waals surface area contributed by atoms with Gasteiger partial charge in [0.05, 0.1) is 16.7 Å². The molecule has 2 aliphatic rings. The van der Waals surface area contributed by atoms with Gasteiger partial charge in [0.25, 0.3) is 0 Å². The Balaban J connectivity index is 1.58. The molecule has 1 N–H and O–H groups in total. The lowest BCUT2D eigenvalue weighted by Gasteiger charge is -2.39. The maximum Gasteiger partial charge on any atom is 0.365 e. The Morgan fingerprint density at radius 2 is 1.72 bits per heavy atom. The fraction of sp³-hybridized carbons (Fsp3) is 0.423. The molecular formula is C26H29ClN2O3. The summed E-state index contributed by atoms with van der Waals surface area (Å²) in [7, 11) is 0. The van der Waals surface area contributed by atoms with E-state index in [1.54, 1.807) is 18.2 Å². The standard InChI is InChI=1S/C26H29ClN2O3/c1-16-6-9-18(10-7-16)22(30)32-29-21-15-26(13-12-25(21,5)24(26,3)4)23(31)28-19-11-8-17(2)20(27)14-19/h6-11,14H,12-13,15H2,1-5H3,(H,28,31). The second-order valence-corrected chi connectivity index (χ2v) is 10.3. The second-order valence-electron chi connectivity index (χ2n) is 9.92. The van der Waals surface area contributed by atoms with Crippen molar-refractivity contribution in [3.05, 3.63) is 64.2 Å². The average molecular weight is 453 g/mol. The summed E-state index contributed by atoms with van der Waals surface area (Å²) >= 11 is 6.25. The van der Waals surface area contributed by atoms with Gasteiger partial charge >= 0.3 is 5.97 Å². The third-order valence-electron chi connectivity index (χ3n) is 8.12. The van der Waals surface area contributed by atoms with E-state index in [-0.39, 0.29) is 16.7 Å². The number of hydrogen-bond acceptors (Lipinski definition) is 4. The number of carbonyl (C=O) groups excluding carboxylic acids is 2. The quantitative estimate of drug-likeness (QED) is 0.435. The van der Waals surface area contributed by atoms with Crippen LogP contribution in [0.15, 0.2) is 47.6 Å². The van der Waals surface area contributed by atoms with Gasteiger partial charge in [-0.25, -0.2) is 4.79 Å². The van der Waals surface area contributed by atoms with Crippen molar-refractivity contribution in [3.8, 4) is 0 Å². The minimum Gasteiger partial charge on any atom is -0.326 e. The Bertz CT molecular complexity index is 1120. The van der Waals surface area contributed by atoms with Crippen molar-refractivity contribution in [1.29, 1.82) is 0 Å². The topological polar surface area (TPSA) is 67.8 Å². The number of fused-ring (bicyclic) bond motifs is 2. The minimum absolute atomic E-state index is 0.0406. The van der Waals surface area contributed by atoms with Crippen molar-refractivity contribution in [3.63, 3.8) is 0 Å². The third kappa shape index (κ3) is 3.34. The van der Waals surface area contributed by atoms with Crippen LogP contribution >= 0.6 is 11.6 Å². The van der Waals surface area contributed by atoms with Crippen LogP contribution in [0.25, 0.3) is 0 Å². The number of benzene rings is 2. The molecule has 6 heteroatoms. The van der Waals surface area contributed by atoms with Crippen LogP contribution in [0, 0.1) is 30.1 Å². The van der Waals surface area contributed by atoms with Crippen molar-refractivity contribution in [2.75, 3.05) is 5.32 Å². The molecular weight excluding hydrogens is 424 g/mol. The van der Waals surface area contributed by atoms with E-state index in [9.17, 15) is 9.59 Å². The molecule has 0 aromatic heterocycles. The Hall–Kier alpha value is -2.66. The summed E-state index contributed by atoms with van der Waals surface area (Å²) in [6, 6.07) is 12.7. The molecule has 0 spiro atoms. The van der Waals surface area contributed by atoms with E-state index in [0.717, 1.165) is 29.7 Å². The molecule has 1 amide bonds. The van der Waals surface area contributed by atoms with Crippen LogP contribution in [0.5, 0.6) is 0 Å². The Labute approximate surface area is 194 Å². The summed E-state index contributed by atoms with van der Waals surface area (Å²) < 4.78 is 0. The maximum atomic E-state index is 13.6. The zero-order valence-electron chi connectivity index (χ0n) is 19.2. The van der Waals surface area contributed by atoms with E-state index in [1.165, 1.54) is 0 Å². The van der Waals surface area contributed by atoms with Gasteiger partial charge in [-0.2, -0.15) is 0 Å². The molecule has 2 saturated carbocycles. The van der Waals surface area contributed by atoms with Crippen molar-refractivity contribution in [2.45, 2.75) is 53.9 Å². The fourth-order valence-corrected chi connectivity index (χ4v) is 5.46. The Morgan fingerprint density at radius 3 is 2.38 bits per heavy atom. The number of anilines is 1. The molecule has 168 valence electrons. The van der Waals surface area contributed by atoms with Crippen molar-refractivity contribution in [1.82, 2.24) is 0 Å².